The van der Waals surface area contributed by atoms with E-state index in [4.69, 9.17) is 0 Å². The van der Waals surface area contributed by atoms with Crippen LogP contribution >= 0.6 is 0 Å². The molecule has 15 rings (SSSR count). The molecule has 0 amide bonds. The van der Waals surface area contributed by atoms with Gasteiger partial charge in [-0.15, -0.1) is 0 Å². The third kappa shape index (κ3) is 14.3. The molecule has 3 aliphatic heterocycles. The number of hydrogen-bond donors (Lipinski definition) is 0. The van der Waals surface area contributed by atoms with Crippen LogP contribution in [0.3, 0.4) is 0 Å². The molecule has 6 aromatic carbocycles. The summed E-state index contributed by atoms with van der Waals surface area (Å²) in [6, 6.07) is 18.2. The summed E-state index contributed by atoms with van der Waals surface area (Å²) in [6.07, 6.45) is 12.1. The minimum atomic E-state index is -1.36. The van der Waals surface area contributed by atoms with Crippen LogP contribution in [-0.4, -0.2) is 109 Å². The summed E-state index contributed by atoms with van der Waals surface area (Å²) < 4.78 is 196. The van der Waals surface area contributed by atoms with E-state index in [2.05, 4.69) is 14.2 Å². The molecular formula is C81H75F12N3O6. The molecule has 9 nitrogen and oxygen atoms in total. The maximum atomic E-state index is 15.5. The smallest absolute Gasteiger partial charge is 0.330 e. The Morgan fingerprint density at radius 3 is 0.843 bits per heavy atom. The van der Waals surface area contributed by atoms with Gasteiger partial charge in [-0.2, -0.15) is 0 Å². The first-order chi connectivity index (χ1) is 48.6. The van der Waals surface area contributed by atoms with Crippen molar-refractivity contribution in [1.82, 2.24) is 14.7 Å². The lowest BCUT2D eigenvalue weighted by Crippen LogP contribution is -2.45. The molecule has 9 aliphatic rings. The first kappa shape index (κ1) is 71.6. The van der Waals surface area contributed by atoms with E-state index < -0.39 is 87.9 Å². The zero-order chi connectivity index (χ0) is 72.6. The summed E-state index contributed by atoms with van der Waals surface area (Å²) in [5.74, 6) is -7.73. The molecule has 534 valence electrons. The number of hydrogen-bond acceptors (Lipinski definition) is 9. The summed E-state index contributed by atoms with van der Waals surface area (Å²) in [6.45, 7) is 5.88. The molecule has 0 radical (unpaired) electrons. The van der Waals surface area contributed by atoms with Gasteiger partial charge in [-0.25, -0.2) is 67.1 Å². The topological polar surface area (TPSA) is 88.6 Å². The number of nitrogens with zero attached hydrogens (tertiary/aromatic N) is 3. The maximum Gasteiger partial charge on any atom is 0.330 e. The monoisotopic (exact) mass is 1410 g/mol. The maximum absolute atomic E-state index is 15.5. The average Bonchev–Trinajstić information content (AvgIpc) is 1.57. The van der Waals surface area contributed by atoms with E-state index in [9.17, 15) is 40.7 Å². The average molecular weight is 1410 g/mol. The lowest BCUT2D eigenvalue weighted by Gasteiger charge is -2.43. The number of rotatable bonds is 15. The highest BCUT2D eigenvalue weighted by atomic mass is 19.2. The number of esters is 3. The predicted octanol–water partition coefficient (Wildman–Crippen LogP) is 17.8. The Hall–Kier alpha value is -8.79. The van der Waals surface area contributed by atoms with Crippen molar-refractivity contribution in [2.24, 2.45) is 0 Å². The van der Waals surface area contributed by atoms with Crippen LogP contribution in [0.2, 0.25) is 0 Å². The van der Waals surface area contributed by atoms with Crippen LogP contribution in [0.15, 0.2) is 126 Å². The van der Waals surface area contributed by atoms with Crippen molar-refractivity contribution in [3.63, 3.8) is 0 Å². The SMILES string of the molecule is COC(=O)/C=C/c1cc(F)c([C@@H]2C3=C(C[C@@H](C)N2CC2(F)CC2)c2c(F)cccc2C3)c(F)c1.COC(=O)/C=C/c1cc(F)c([C@@H]2C3=C(C[C@@H](C)N2CC2(F)CC2)c2c(F)cccc2C3)c(F)c1.COC(=O)/C=C/c1cc(F)c([C@H]2C3=C(C[C@H](C)N2CC2(F)CC2)c2c(F)cccc2C3)c(F)c1. The summed E-state index contributed by atoms with van der Waals surface area (Å²) in [5, 5.41) is 0. The third-order valence-corrected chi connectivity index (χ3v) is 21.4. The number of ether oxygens (including phenoxy) is 3. The molecule has 0 unspecified atom stereocenters. The number of halogens is 12. The molecule has 0 N–H and O–H groups in total. The molecule has 0 spiro atoms. The van der Waals surface area contributed by atoms with E-state index >= 15 is 26.3 Å². The summed E-state index contributed by atoms with van der Waals surface area (Å²) in [7, 11) is 3.63. The van der Waals surface area contributed by atoms with Crippen molar-refractivity contribution < 1.29 is 81.3 Å². The number of benzene rings is 6. The summed E-state index contributed by atoms with van der Waals surface area (Å²) >= 11 is 0. The van der Waals surface area contributed by atoms with Gasteiger partial charge in [0.25, 0.3) is 0 Å². The molecule has 3 fully saturated rings. The number of carbonyl (C=O) groups excluding carboxylic acids is 3. The van der Waals surface area contributed by atoms with Crippen LogP contribution in [0, 0.1) is 52.4 Å². The van der Waals surface area contributed by atoms with Gasteiger partial charge >= 0.3 is 17.9 Å². The normalized spacial score (nSPS) is 23.2. The molecule has 6 aromatic rings. The quantitative estimate of drug-likeness (QED) is 0.0432. The number of alkyl halides is 3. The van der Waals surface area contributed by atoms with Crippen LogP contribution < -0.4 is 0 Å². The minimum absolute atomic E-state index is 0.0668. The molecule has 6 atom stereocenters. The van der Waals surface area contributed by atoms with Crippen LogP contribution in [0.1, 0.15) is 163 Å². The second-order valence-corrected chi connectivity index (χ2v) is 28.5. The fraction of sp³-hybridized carbons (Fsp3) is 0.370. The molecule has 21 heteroatoms. The van der Waals surface area contributed by atoms with Gasteiger partial charge in [0.1, 0.15) is 69.4 Å². The standard InChI is InChI=1S/3C27H25F4NO2/c3*1-15-10-18-19(13-17-4-3-5-20(28)24(17)18)26(32(15)14-27(31)8-9-27)25-21(29)11-16(12-22(25)30)6-7-23(33)34-2/h3*3-7,11-12,15,26H,8-10,13-14H2,1-2H3/b3*7-6+/t3*15-,26+/m110/s1. The van der Waals surface area contributed by atoms with Gasteiger partial charge in [0.05, 0.1) is 39.5 Å². The van der Waals surface area contributed by atoms with Gasteiger partial charge < -0.3 is 14.2 Å². The molecule has 3 saturated carbocycles. The second kappa shape index (κ2) is 28.1. The predicted molar refractivity (Wildman–Crippen MR) is 363 cm³/mol. The molecule has 0 saturated heterocycles. The highest BCUT2D eigenvalue weighted by Crippen LogP contribution is 2.57. The minimum Gasteiger partial charge on any atom is -0.466 e. The molecule has 3 heterocycles. The first-order valence-corrected chi connectivity index (χ1v) is 34.2. The Kier molecular flexibility index (Phi) is 19.7. The largest absolute Gasteiger partial charge is 0.466 e. The van der Waals surface area contributed by atoms with Gasteiger partial charge in [0.15, 0.2) is 0 Å². The van der Waals surface area contributed by atoms with E-state index in [0.29, 0.717) is 93.7 Å². The lowest BCUT2D eigenvalue weighted by molar-refractivity contribution is -0.135. The van der Waals surface area contributed by atoms with Crippen molar-refractivity contribution in [3.8, 4) is 0 Å². The van der Waals surface area contributed by atoms with Crippen LogP contribution in [0.5, 0.6) is 0 Å². The van der Waals surface area contributed by atoms with Crippen LogP contribution in [0.4, 0.5) is 52.7 Å². The highest BCUT2D eigenvalue weighted by Gasteiger charge is 2.53. The number of fused-ring (bicyclic) bond motifs is 6. The zero-order valence-corrected chi connectivity index (χ0v) is 57.0. The Balaban J connectivity index is 0.000000137. The van der Waals surface area contributed by atoms with E-state index in [0.717, 1.165) is 105 Å². The van der Waals surface area contributed by atoms with Crippen molar-refractivity contribution in [3.05, 3.63) is 245 Å². The van der Waals surface area contributed by atoms with E-state index in [1.807, 2.05) is 53.7 Å². The van der Waals surface area contributed by atoms with Gasteiger partial charge in [0.2, 0.25) is 0 Å². The number of carbonyl (C=O) groups is 3. The van der Waals surface area contributed by atoms with Gasteiger partial charge in [-0.1, -0.05) is 36.4 Å². The summed E-state index contributed by atoms with van der Waals surface area (Å²) in [4.78, 5) is 39.6. The van der Waals surface area contributed by atoms with Crippen molar-refractivity contribution in [2.75, 3.05) is 41.0 Å². The van der Waals surface area contributed by atoms with E-state index in [-0.39, 0.29) is 88.6 Å². The van der Waals surface area contributed by atoms with E-state index in [1.54, 1.807) is 18.2 Å². The van der Waals surface area contributed by atoms with Gasteiger partial charge in [-0.3, -0.25) is 14.7 Å². The molecule has 0 bridgehead atoms. The fourth-order valence-corrected chi connectivity index (χ4v) is 15.9. The van der Waals surface area contributed by atoms with Crippen LogP contribution in [0.25, 0.3) is 34.9 Å². The van der Waals surface area contributed by atoms with Gasteiger partial charge in [0, 0.05) is 89.4 Å². The van der Waals surface area contributed by atoms with Gasteiger partial charge in [-0.05, 0) is 237 Å². The Labute approximate surface area is 583 Å². The van der Waals surface area contributed by atoms with Crippen LogP contribution in [-0.2, 0) is 47.9 Å². The Morgan fingerprint density at radius 1 is 0.392 bits per heavy atom. The van der Waals surface area contributed by atoms with Crippen molar-refractivity contribution >= 4 is 52.9 Å². The third-order valence-electron chi connectivity index (χ3n) is 21.4. The molecular weight excluding hydrogens is 1340 g/mol. The highest BCUT2D eigenvalue weighted by molar-refractivity contribution is 5.89. The first-order valence-electron chi connectivity index (χ1n) is 34.2. The Bertz CT molecular complexity index is 4080. The fourth-order valence-electron chi connectivity index (χ4n) is 15.9. The molecule has 0 aromatic heterocycles. The summed E-state index contributed by atoms with van der Waals surface area (Å²) in [5.41, 5.74) is 4.20. The molecule has 6 aliphatic carbocycles. The number of methoxy groups -OCH3 is 3. The lowest BCUT2D eigenvalue weighted by atomic mass is 9.84. The molecule has 102 heavy (non-hydrogen) atoms. The Morgan fingerprint density at radius 2 is 0.627 bits per heavy atom. The zero-order valence-electron chi connectivity index (χ0n) is 57.0. The van der Waals surface area contributed by atoms with Crippen molar-refractivity contribution in [1.29, 1.82) is 0 Å². The second-order valence-electron chi connectivity index (χ2n) is 28.5. The van der Waals surface area contributed by atoms with E-state index in [1.165, 1.54) is 57.8 Å². The van der Waals surface area contributed by atoms with Crippen molar-refractivity contribution in [2.45, 2.75) is 151 Å².